The van der Waals surface area contributed by atoms with Crippen LogP contribution in [0.4, 0.5) is 5.69 Å². The minimum Gasteiger partial charge on any atom is -0.352 e. The van der Waals surface area contributed by atoms with E-state index in [4.69, 9.17) is 0 Å². The molecule has 0 aromatic heterocycles. The highest BCUT2D eigenvalue weighted by Crippen LogP contribution is 2.36. The van der Waals surface area contributed by atoms with E-state index in [2.05, 4.69) is 77.1 Å². The van der Waals surface area contributed by atoms with E-state index in [-0.39, 0.29) is 6.17 Å². The summed E-state index contributed by atoms with van der Waals surface area (Å²) in [5.74, 6) is 0. The van der Waals surface area contributed by atoms with E-state index < -0.39 is 0 Å². The average Bonchev–Trinajstić information content (AvgIpc) is 2.77. The highest BCUT2D eigenvalue weighted by Gasteiger charge is 2.31. The van der Waals surface area contributed by atoms with Crippen LogP contribution in [0, 0.1) is 20.8 Å². The molecule has 0 N–H and O–H groups in total. The van der Waals surface area contributed by atoms with Crippen molar-refractivity contribution >= 4 is 21.6 Å². The lowest BCUT2D eigenvalue weighted by Gasteiger charge is -2.35. The van der Waals surface area contributed by atoms with Crippen LogP contribution in [0.1, 0.15) is 36.0 Å². The molecule has 1 unspecified atom stereocenters. The lowest BCUT2D eigenvalue weighted by molar-refractivity contribution is 0.328. The molecule has 21 heavy (non-hydrogen) atoms. The molecule has 2 heterocycles. The fraction of sp³-hybridized carbons (Fsp3) is 0.444. The number of fused-ring (bicyclic) bond motifs is 1. The van der Waals surface area contributed by atoms with Crippen molar-refractivity contribution in [2.45, 2.75) is 46.2 Å². The number of hydrogen-bond acceptors (Lipinski definition) is 2. The van der Waals surface area contributed by atoms with Crippen LogP contribution in [0.5, 0.6) is 0 Å². The molecule has 0 amide bonds. The maximum absolute atomic E-state index is 3.82. The van der Waals surface area contributed by atoms with Gasteiger partial charge in [0, 0.05) is 29.1 Å². The van der Waals surface area contributed by atoms with Gasteiger partial charge in [-0.05, 0) is 51.2 Å². The van der Waals surface area contributed by atoms with Crippen molar-refractivity contribution in [3.8, 4) is 0 Å². The van der Waals surface area contributed by atoms with Crippen LogP contribution in [0.25, 0.3) is 0 Å². The van der Waals surface area contributed by atoms with Crippen molar-refractivity contribution in [1.29, 1.82) is 0 Å². The van der Waals surface area contributed by atoms with Crippen molar-refractivity contribution in [3.05, 3.63) is 51.8 Å². The van der Waals surface area contributed by atoms with Gasteiger partial charge in [-0.2, -0.15) is 0 Å². The molecule has 1 aromatic rings. The molecule has 3 rings (SSSR count). The monoisotopic (exact) mass is 346 g/mol. The minimum absolute atomic E-state index is 0.283. The molecule has 1 aromatic carbocycles. The van der Waals surface area contributed by atoms with Crippen molar-refractivity contribution in [2.75, 3.05) is 11.4 Å². The zero-order valence-corrected chi connectivity index (χ0v) is 14.7. The van der Waals surface area contributed by atoms with E-state index >= 15 is 0 Å². The zero-order chi connectivity index (χ0) is 15.0. The third kappa shape index (κ3) is 2.76. The molecule has 0 saturated heterocycles. The van der Waals surface area contributed by atoms with E-state index in [1.165, 1.54) is 46.1 Å². The Balaban J connectivity index is 2.03. The number of hydrogen-bond donors (Lipinski definition) is 0. The topological polar surface area (TPSA) is 6.48 Å². The smallest absolute Gasteiger partial charge is 0.138 e. The molecular weight excluding hydrogens is 324 g/mol. The summed E-state index contributed by atoms with van der Waals surface area (Å²) >= 11 is 3.82. The third-order valence-electron chi connectivity index (χ3n) is 4.35. The molecule has 1 atom stereocenters. The summed E-state index contributed by atoms with van der Waals surface area (Å²) in [6.07, 6.45) is 10.8. The third-order valence-corrected chi connectivity index (χ3v) is 5.08. The maximum atomic E-state index is 3.82. The van der Waals surface area contributed by atoms with Crippen molar-refractivity contribution in [3.63, 3.8) is 0 Å². The number of rotatable bonds is 1. The normalized spacial score (nSPS) is 24.4. The zero-order valence-electron chi connectivity index (χ0n) is 13.1. The second-order valence-corrected chi connectivity index (χ2v) is 7.06. The lowest BCUT2D eigenvalue weighted by atomic mass is 10.0. The van der Waals surface area contributed by atoms with Crippen LogP contribution in [0.2, 0.25) is 0 Å². The van der Waals surface area contributed by atoms with E-state index in [1.807, 2.05) is 0 Å². The molecule has 3 heteroatoms. The lowest BCUT2D eigenvalue weighted by Crippen LogP contribution is -2.40. The summed E-state index contributed by atoms with van der Waals surface area (Å²) in [5.41, 5.74) is 5.37. The van der Waals surface area contributed by atoms with Crippen LogP contribution in [0.15, 0.2) is 35.1 Å². The molecular formula is C18H23BrN2. The molecule has 2 aliphatic heterocycles. The first kappa shape index (κ1) is 14.7. The van der Waals surface area contributed by atoms with Crippen LogP contribution in [-0.4, -0.2) is 17.6 Å². The summed E-state index contributed by atoms with van der Waals surface area (Å²) in [6, 6.07) is 4.55. The molecule has 0 bridgehead atoms. The van der Waals surface area contributed by atoms with Crippen molar-refractivity contribution in [1.82, 2.24) is 4.90 Å². The van der Waals surface area contributed by atoms with E-state index in [1.54, 1.807) is 0 Å². The van der Waals surface area contributed by atoms with Crippen LogP contribution >= 0.6 is 15.9 Å². The number of nitrogens with zero attached hydrogens (tertiary/aromatic N) is 2. The van der Waals surface area contributed by atoms with Gasteiger partial charge in [-0.3, -0.25) is 0 Å². The fourth-order valence-corrected chi connectivity index (χ4v) is 4.24. The second kappa shape index (κ2) is 5.88. The summed E-state index contributed by atoms with van der Waals surface area (Å²) in [4.78, 5) is 4.86. The summed E-state index contributed by atoms with van der Waals surface area (Å²) in [5, 5.41) is 0. The molecule has 0 saturated carbocycles. The van der Waals surface area contributed by atoms with Gasteiger partial charge in [0.25, 0.3) is 0 Å². The summed E-state index contributed by atoms with van der Waals surface area (Å²) in [6.45, 7) is 7.73. The van der Waals surface area contributed by atoms with E-state index in [0.717, 1.165) is 6.54 Å². The van der Waals surface area contributed by atoms with Gasteiger partial charge in [0.15, 0.2) is 0 Å². The Morgan fingerprint density at radius 1 is 1.05 bits per heavy atom. The van der Waals surface area contributed by atoms with Crippen molar-refractivity contribution < 1.29 is 0 Å². The van der Waals surface area contributed by atoms with Gasteiger partial charge in [0.05, 0.1) is 0 Å². The van der Waals surface area contributed by atoms with Gasteiger partial charge < -0.3 is 9.80 Å². The van der Waals surface area contributed by atoms with E-state index in [9.17, 15) is 0 Å². The van der Waals surface area contributed by atoms with Crippen molar-refractivity contribution in [2.24, 2.45) is 0 Å². The first-order valence-electron chi connectivity index (χ1n) is 7.74. The number of halogens is 1. The summed E-state index contributed by atoms with van der Waals surface area (Å²) < 4.78 is 1.28. The Bertz CT molecular complexity index is 580. The Labute approximate surface area is 136 Å². The van der Waals surface area contributed by atoms with Gasteiger partial charge in [-0.15, -0.1) is 0 Å². The van der Waals surface area contributed by atoms with Gasteiger partial charge in [0.1, 0.15) is 6.17 Å². The highest BCUT2D eigenvalue weighted by molar-refractivity contribution is 9.11. The molecule has 0 radical (unpaired) electrons. The fourth-order valence-electron chi connectivity index (χ4n) is 3.53. The molecule has 2 nitrogen and oxygen atoms in total. The van der Waals surface area contributed by atoms with Crippen LogP contribution < -0.4 is 4.90 Å². The standard InChI is InChI=1S/C18H23BrN2/c1-13-11-14(2)17(15(3)12-13)21-10-9-20-8-6-4-5-7-16(19)18(20)21/h7,9-12,18H,4-6,8H2,1-3H3/b16-7+. The molecule has 0 fully saturated rings. The Kier molecular flexibility index (Phi) is 4.12. The van der Waals surface area contributed by atoms with E-state index in [0.29, 0.717) is 0 Å². The first-order chi connectivity index (χ1) is 10.1. The predicted molar refractivity (Wildman–Crippen MR) is 93.6 cm³/mol. The first-order valence-corrected chi connectivity index (χ1v) is 8.53. The van der Waals surface area contributed by atoms with Crippen LogP contribution in [0.3, 0.4) is 0 Å². The number of aryl methyl sites for hydroxylation is 3. The quantitative estimate of drug-likeness (QED) is 0.706. The largest absolute Gasteiger partial charge is 0.352 e. The van der Waals surface area contributed by atoms with Gasteiger partial charge in [0.2, 0.25) is 0 Å². The Hall–Kier alpha value is -1.22. The molecule has 2 aliphatic rings. The van der Waals surface area contributed by atoms with Gasteiger partial charge in [-0.25, -0.2) is 0 Å². The number of benzene rings is 1. The van der Waals surface area contributed by atoms with Crippen LogP contribution in [-0.2, 0) is 0 Å². The molecule has 0 aliphatic carbocycles. The molecule has 112 valence electrons. The highest BCUT2D eigenvalue weighted by atomic mass is 79.9. The average molecular weight is 347 g/mol. The second-order valence-electron chi connectivity index (χ2n) is 6.15. The maximum Gasteiger partial charge on any atom is 0.138 e. The Morgan fingerprint density at radius 3 is 2.48 bits per heavy atom. The Morgan fingerprint density at radius 2 is 1.76 bits per heavy atom. The number of anilines is 1. The SMILES string of the molecule is Cc1cc(C)c(N2C=CN3CCCC/C=C(/Br)C32)c(C)c1. The molecule has 0 spiro atoms. The van der Waals surface area contributed by atoms with Gasteiger partial charge >= 0.3 is 0 Å². The summed E-state index contributed by atoms with van der Waals surface area (Å²) in [7, 11) is 0. The number of allylic oxidation sites excluding steroid dienone is 1. The van der Waals surface area contributed by atoms with Gasteiger partial charge in [-0.1, -0.05) is 39.7 Å². The predicted octanol–water partition coefficient (Wildman–Crippen LogP) is 4.99. The minimum atomic E-state index is 0.283.